The molecule has 0 aliphatic heterocycles. The Kier molecular flexibility index (Phi) is 2.41. The Balaban J connectivity index is 2.85. The molecular formula is C11H18O. The first kappa shape index (κ1) is 9.50. The Morgan fingerprint density at radius 2 is 2.17 bits per heavy atom. The minimum atomic E-state index is 0.171. The maximum absolute atomic E-state index is 11.3. The van der Waals surface area contributed by atoms with Gasteiger partial charge in [-0.1, -0.05) is 25.5 Å². The van der Waals surface area contributed by atoms with Crippen LogP contribution in [-0.4, -0.2) is 5.78 Å². The van der Waals surface area contributed by atoms with Gasteiger partial charge in [0, 0.05) is 5.92 Å². The average molecular weight is 166 g/mol. The van der Waals surface area contributed by atoms with E-state index in [0.717, 1.165) is 12.8 Å². The molecule has 0 heterocycles. The number of Topliss-reactive ketones (excluding diaryl/α,β-unsaturated/α-hetero) is 1. The summed E-state index contributed by atoms with van der Waals surface area (Å²) in [5.74, 6) is 0.574. The van der Waals surface area contributed by atoms with Crippen molar-refractivity contribution in [2.45, 2.75) is 40.5 Å². The summed E-state index contributed by atoms with van der Waals surface area (Å²) in [5, 5.41) is 0. The largest absolute Gasteiger partial charge is 0.300 e. The molecule has 0 bridgehead atoms. The molecule has 0 aromatic carbocycles. The molecule has 1 rings (SSSR count). The summed E-state index contributed by atoms with van der Waals surface area (Å²) in [5.41, 5.74) is 1.60. The van der Waals surface area contributed by atoms with Gasteiger partial charge in [-0.2, -0.15) is 0 Å². The highest BCUT2D eigenvalue weighted by atomic mass is 16.1. The van der Waals surface area contributed by atoms with Gasteiger partial charge in [-0.3, -0.25) is 4.79 Å². The molecule has 0 radical (unpaired) electrons. The average Bonchev–Trinajstić information content (AvgIpc) is 1.82. The third kappa shape index (κ3) is 1.77. The summed E-state index contributed by atoms with van der Waals surface area (Å²) in [6.45, 7) is 8.24. The van der Waals surface area contributed by atoms with Gasteiger partial charge in [0.15, 0.2) is 0 Å². The topological polar surface area (TPSA) is 17.1 Å². The fourth-order valence-corrected chi connectivity index (χ4v) is 2.27. The maximum Gasteiger partial charge on any atom is 0.133 e. The zero-order chi connectivity index (χ0) is 9.35. The molecule has 0 saturated heterocycles. The third-order valence-corrected chi connectivity index (χ3v) is 2.87. The molecule has 1 heteroatoms. The van der Waals surface area contributed by atoms with Gasteiger partial charge in [-0.25, -0.2) is 0 Å². The lowest BCUT2D eigenvalue weighted by Crippen LogP contribution is -2.32. The standard InChI is InChI=1S/C11H18O/c1-8-5-6-10(9(2)12)11(3,4)7-8/h5,10H,6-7H2,1-4H3. The van der Waals surface area contributed by atoms with Crippen molar-refractivity contribution in [3.63, 3.8) is 0 Å². The van der Waals surface area contributed by atoms with Crippen LogP contribution in [-0.2, 0) is 4.79 Å². The molecule has 1 aliphatic carbocycles. The zero-order valence-electron chi connectivity index (χ0n) is 8.48. The van der Waals surface area contributed by atoms with Gasteiger partial charge in [0.2, 0.25) is 0 Å². The highest BCUT2D eigenvalue weighted by molar-refractivity contribution is 5.79. The predicted molar refractivity (Wildman–Crippen MR) is 50.9 cm³/mol. The molecule has 12 heavy (non-hydrogen) atoms. The van der Waals surface area contributed by atoms with Gasteiger partial charge < -0.3 is 0 Å². The lowest BCUT2D eigenvalue weighted by Gasteiger charge is -2.36. The molecule has 1 nitrogen and oxygen atoms in total. The van der Waals surface area contributed by atoms with Crippen LogP contribution in [0.3, 0.4) is 0 Å². The van der Waals surface area contributed by atoms with Crippen LogP contribution in [0.25, 0.3) is 0 Å². The molecule has 0 amide bonds. The van der Waals surface area contributed by atoms with E-state index in [1.165, 1.54) is 5.57 Å². The van der Waals surface area contributed by atoms with Crippen molar-refractivity contribution in [1.29, 1.82) is 0 Å². The summed E-state index contributed by atoms with van der Waals surface area (Å²) in [7, 11) is 0. The normalized spacial score (nSPS) is 28.0. The smallest absolute Gasteiger partial charge is 0.133 e. The van der Waals surface area contributed by atoms with Crippen LogP contribution in [0.5, 0.6) is 0 Å². The fourth-order valence-electron chi connectivity index (χ4n) is 2.27. The zero-order valence-corrected chi connectivity index (χ0v) is 8.48. The van der Waals surface area contributed by atoms with Crippen molar-refractivity contribution in [2.75, 3.05) is 0 Å². The molecule has 0 N–H and O–H groups in total. The lowest BCUT2D eigenvalue weighted by atomic mass is 9.68. The first-order valence-electron chi connectivity index (χ1n) is 4.59. The van der Waals surface area contributed by atoms with Crippen molar-refractivity contribution in [3.8, 4) is 0 Å². The minimum Gasteiger partial charge on any atom is -0.300 e. The van der Waals surface area contributed by atoms with E-state index in [1.807, 2.05) is 0 Å². The number of ketones is 1. The van der Waals surface area contributed by atoms with Gasteiger partial charge in [0.05, 0.1) is 0 Å². The van der Waals surface area contributed by atoms with E-state index >= 15 is 0 Å². The second kappa shape index (κ2) is 3.04. The van der Waals surface area contributed by atoms with E-state index in [4.69, 9.17) is 0 Å². The molecule has 1 unspecified atom stereocenters. The quantitative estimate of drug-likeness (QED) is 0.547. The van der Waals surface area contributed by atoms with Crippen molar-refractivity contribution < 1.29 is 4.79 Å². The van der Waals surface area contributed by atoms with Crippen LogP contribution >= 0.6 is 0 Å². The predicted octanol–water partition coefficient (Wildman–Crippen LogP) is 2.96. The number of carbonyl (C=O) groups excluding carboxylic acids is 1. The van der Waals surface area contributed by atoms with E-state index in [2.05, 4.69) is 26.8 Å². The number of carbonyl (C=O) groups is 1. The van der Waals surface area contributed by atoms with Gasteiger partial charge in [-0.05, 0) is 32.1 Å². The van der Waals surface area contributed by atoms with Crippen LogP contribution in [0.1, 0.15) is 40.5 Å². The Labute approximate surface area is 74.9 Å². The van der Waals surface area contributed by atoms with Crippen molar-refractivity contribution >= 4 is 5.78 Å². The van der Waals surface area contributed by atoms with Crippen LogP contribution < -0.4 is 0 Å². The Morgan fingerprint density at radius 1 is 1.58 bits per heavy atom. The summed E-state index contributed by atoms with van der Waals surface area (Å²) in [6.07, 6.45) is 4.21. The van der Waals surface area contributed by atoms with Crippen LogP contribution in [0, 0.1) is 11.3 Å². The highest BCUT2D eigenvalue weighted by Gasteiger charge is 2.34. The highest BCUT2D eigenvalue weighted by Crippen LogP contribution is 2.40. The minimum absolute atomic E-state index is 0.171. The molecular weight excluding hydrogens is 148 g/mol. The van der Waals surface area contributed by atoms with Crippen molar-refractivity contribution in [3.05, 3.63) is 11.6 Å². The van der Waals surface area contributed by atoms with Crippen molar-refractivity contribution in [1.82, 2.24) is 0 Å². The van der Waals surface area contributed by atoms with E-state index in [9.17, 15) is 4.79 Å². The first-order chi connectivity index (χ1) is 5.43. The molecule has 0 aromatic heterocycles. The van der Waals surface area contributed by atoms with Gasteiger partial charge in [-0.15, -0.1) is 0 Å². The Hall–Kier alpha value is -0.590. The third-order valence-electron chi connectivity index (χ3n) is 2.87. The molecule has 0 fully saturated rings. The number of hydrogen-bond donors (Lipinski definition) is 0. The summed E-state index contributed by atoms with van der Waals surface area (Å²) in [6, 6.07) is 0. The van der Waals surface area contributed by atoms with Gasteiger partial charge in [0.25, 0.3) is 0 Å². The number of hydrogen-bond acceptors (Lipinski definition) is 1. The van der Waals surface area contributed by atoms with E-state index in [-0.39, 0.29) is 11.3 Å². The second-order valence-electron chi connectivity index (χ2n) is 4.61. The SMILES string of the molecule is CC(=O)C1CC=C(C)CC1(C)C. The number of allylic oxidation sites excluding steroid dienone is 2. The van der Waals surface area contributed by atoms with Crippen LogP contribution in [0.4, 0.5) is 0 Å². The first-order valence-corrected chi connectivity index (χ1v) is 4.59. The van der Waals surface area contributed by atoms with E-state index in [0.29, 0.717) is 5.78 Å². The molecule has 1 atom stereocenters. The number of rotatable bonds is 1. The summed E-state index contributed by atoms with van der Waals surface area (Å²) >= 11 is 0. The Bertz CT molecular complexity index is 223. The Morgan fingerprint density at radius 3 is 2.58 bits per heavy atom. The maximum atomic E-state index is 11.3. The van der Waals surface area contributed by atoms with Crippen LogP contribution in [0.15, 0.2) is 11.6 Å². The molecule has 0 saturated carbocycles. The fraction of sp³-hybridized carbons (Fsp3) is 0.727. The van der Waals surface area contributed by atoms with Gasteiger partial charge in [0.1, 0.15) is 5.78 Å². The summed E-state index contributed by atoms with van der Waals surface area (Å²) < 4.78 is 0. The monoisotopic (exact) mass is 166 g/mol. The van der Waals surface area contributed by atoms with Crippen LogP contribution in [0.2, 0.25) is 0 Å². The second-order valence-corrected chi connectivity index (χ2v) is 4.61. The molecule has 0 aromatic rings. The molecule has 0 spiro atoms. The lowest BCUT2D eigenvalue weighted by molar-refractivity contribution is -0.124. The van der Waals surface area contributed by atoms with Crippen molar-refractivity contribution in [2.24, 2.45) is 11.3 Å². The summed E-state index contributed by atoms with van der Waals surface area (Å²) in [4.78, 5) is 11.3. The molecule has 1 aliphatic rings. The molecule has 68 valence electrons. The van der Waals surface area contributed by atoms with E-state index in [1.54, 1.807) is 6.92 Å². The van der Waals surface area contributed by atoms with Gasteiger partial charge >= 0.3 is 0 Å². The van der Waals surface area contributed by atoms with E-state index < -0.39 is 0 Å².